The van der Waals surface area contributed by atoms with Crippen LogP contribution in [0.15, 0.2) is 79.0 Å². The zero-order chi connectivity index (χ0) is 28.5. The van der Waals surface area contributed by atoms with Crippen LogP contribution in [0.4, 0.5) is 4.79 Å². The van der Waals surface area contributed by atoms with Crippen molar-refractivity contribution in [2.24, 2.45) is 0 Å². The lowest BCUT2D eigenvalue weighted by Gasteiger charge is -2.23. The van der Waals surface area contributed by atoms with Gasteiger partial charge >= 0.3 is 6.09 Å². The fraction of sp³-hybridized carbons (Fsp3) is 0.303. The molecule has 0 spiro atoms. The number of benzene rings is 3. The van der Waals surface area contributed by atoms with Crippen molar-refractivity contribution in [3.8, 4) is 33.5 Å². The highest BCUT2D eigenvalue weighted by atomic mass is 16.5. The molecule has 0 radical (unpaired) electrons. The Morgan fingerprint density at radius 1 is 0.975 bits per heavy atom. The number of nitrogens with one attached hydrogen (secondary N) is 2. The van der Waals surface area contributed by atoms with Crippen molar-refractivity contribution in [1.82, 2.24) is 20.2 Å². The zero-order valence-corrected chi connectivity index (χ0v) is 23.7. The monoisotopic (exact) mass is 538 g/mol. The minimum Gasteiger partial charge on any atom is -0.453 e. The maximum absolute atomic E-state index is 12.7. The molecular formula is C33H38N4O3. The summed E-state index contributed by atoms with van der Waals surface area (Å²) in [6, 6.07) is 25.2. The number of alkyl carbamates (subject to hydrolysis) is 1. The fourth-order valence-corrected chi connectivity index (χ4v) is 4.92. The summed E-state index contributed by atoms with van der Waals surface area (Å²) in [5, 5.41) is 2.47. The SMILES string of the molecule is CCC.COC(=O)NCC(=O)N1CCC[C@H]1c1ncc(-c2ccc(C)c(-c3cccc(-c4ccccc4)c3)c2)[nH]1. The van der Waals surface area contributed by atoms with E-state index >= 15 is 0 Å². The van der Waals surface area contributed by atoms with Crippen LogP contribution in [0, 0.1) is 6.92 Å². The molecule has 0 saturated carbocycles. The van der Waals surface area contributed by atoms with Gasteiger partial charge in [0, 0.05) is 12.1 Å². The highest BCUT2D eigenvalue weighted by Crippen LogP contribution is 2.34. The maximum Gasteiger partial charge on any atom is 0.407 e. The quantitative estimate of drug-likeness (QED) is 0.273. The van der Waals surface area contributed by atoms with Gasteiger partial charge in [-0.3, -0.25) is 4.79 Å². The lowest BCUT2D eigenvalue weighted by molar-refractivity contribution is -0.131. The van der Waals surface area contributed by atoms with Crippen molar-refractivity contribution in [2.75, 3.05) is 20.2 Å². The number of carbonyl (C=O) groups is 2. The van der Waals surface area contributed by atoms with Gasteiger partial charge in [0.25, 0.3) is 0 Å². The Kier molecular flexibility index (Phi) is 9.73. The van der Waals surface area contributed by atoms with Crippen LogP contribution in [0.3, 0.4) is 0 Å². The number of carbonyl (C=O) groups excluding carboxylic acids is 2. The van der Waals surface area contributed by atoms with Crippen molar-refractivity contribution >= 4 is 12.0 Å². The van der Waals surface area contributed by atoms with Gasteiger partial charge in [0.15, 0.2) is 0 Å². The Morgan fingerprint density at radius 3 is 2.45 bits per heavy atom. The Morgan fingerprint density at radius 2 is 1.70 bits per heavy atom. The lowest BCUT2D eigenvalue weighted by Crippen LogP contribution is -2.40. The van der Waals surface area contributed by atoms with Crippen LogP contribution in [-0.2, 0) is 9.53 Å². The molecule has 0 bridgehead atoms. The molecule has 1 saturated heterocycles. The molecule has 7 heteroatoms. The number of ether oxygens (including phenoxy) is 1. The van der Waals surface area contributed by atoms with Crippen LogP contribution in [0.5, 0.6) is 0 Å². The molecule has 1 aliphatic heterocycles. The summed E-state index contributed by atoms with van der Waals surface area (Å²) in [6.45, 7) is 6.91. The molecule has 2 heterocycles. The highest BCUT2D eigenvalue weighted by Gasteiger charge is 2.32. The Balaban J connectivity index is 0.00000118. The minimum atomic E-state index is -0.617. The molecule has 2 amide bonds. The summed E-state index contributed by atoms with van der Waals surface area (Å²) < 4.78 is 4.57. The smallest absolute Gasteiger partial charge is 0.407 e. The summed E-state index contributed by atoms with van der Waals surface area (Å²) in [4.78, 5) is 33.9. The van der Waals surface area contributed by atoms with E-state index in [0.29, 0.717) is 6.54 Å². The van der Waals surface area contributed by atoms with Gasteiger partial charge in [-0.15, -0.1) is 0 Å². The molecule has 1 aromatic heterocycles. The summed E-state index contributed by atoms with van der Waals surface area (Å²) in [5.41, 5.74) is 7.83. The molecule has 2 N–H and O–H groups in total. The molecule has 4 aromatic rings. The summed E-state index contributed by atoms with van der Waals surface area (Å²) >= 11 is 0. The van der Waals surface area contributed by atoms with E-state index in [4.69, 9.17) is 0 Å². The second-order valence-corrected chi connectivity index (χ2v) is 9.96. The minimum absolute atomic E-state index is 0.0971. The van der Waals surface area contributed by atoms with E-state index in [2.05, 4.69) is 108 Å². The van der Waals surface area contributed by atoms with E-state index in [1.54, 1.807) is 4.90 Å². The number of aryl methyl sites for hydroxylation is 1. The molecule has 5 rings (SSSR count). The van der Waals surface area contributed by atoms with E-state index in [0.717, 1.165) is 41.1 Å². The Hall–Kier alpha value is -4.39. The van der Waals surface area contributed by atoms with Gasteiger partial charge in [-0.2, -0.15) is 0 Å². The fourth-order valence-electron chi connectivity index (χ4n) is 4.92. The van der Waals surface area contributed by atoms with Crippen LogP contribution in [0.25, 0.3) is 33.5 Å². The first-order valence-electron chi connectivity index (χ1n) is 13.9. The number of nitrogens with zero attached hydrogens (tertiary/aromatic N) is 2. The number of hydrogen-bond donors (Lipinski definition) is 2. The molecule has 208 valence electrons. The van der Waals surface area contributed by atoms with Crippen LogP contribution in [-0.4, -0.2) is 47.1 Å². The maximum atomic E-state index is 12.7. The predicted octanol–water partition coefficient (Wildman–Crippen LogP) is 7.15. The van der Waals surface area contributed by atoms with Gasteiger partial charge in [-0.25, -0.2) is 9.78 Å². The number of methoxy groups -OCH3 is 1. The number of H-pyrrole nitrogens is 1. The van der Waals surface area contributed by atoms with Crippen molar-refractivity contribution in [2.45, 2.75) is 46.1 Å². The molecule has 0 unspecified atom stereocenters. The summed E-state index contributed by atoms with van der Waals surface area (Å²) in [7, 11) is 1.28. The van der Waals surface area contributed by atoms with Crippen LogP contribution < -0.4 is 5.32 Å². The van der Waals surface area contributed by atoms with Crippen molar-refractivity contribution in [3.05, 3.63) is 90.4 Å². The van der Waals surface area contributed by atoms with Crippen molar-refractivity contribution in [3.63, 3.8) is 0 Å². The second-order valence-electron chi connectivity index (χ2n) is 9.96. The largest absolute Gasteiger partial charge is 0.453 e. The zero-order valence-electron chi connectivity index (χ0n) is 23.7. The Bertz CT molecular complexity index is 1430. The van der Waals surface area contributed by atoms with Gasteiger partial charge in [-0.1, -0.05) is 80.9 Å². The molecule has 1 atom stereocenters. The molecule has 40 heavy (non-hydrogen) atoms. The van der Waals surface area contributed by atoms with Gasteiger partial charge in [0.2, 0.25) is 5.91 Å². The molecule has 3 aromatic carbocycles. The average Bonchev–Trinajstić information content (AvgIpc) is 3.67. The first kappa shape index (κ1) is 28.6. The lowest BCUT2D eigenvalue weighted by atomic mass is 9.94. The second kappa shape index (κ2) is 13.6. The molecular weight excluding hydrogens is 500 g/mol. The van der Waals surface area contributed by atoms with E-state index in [1.165, 1.54) is 30.2 Å². The standard InChI is InChI=1S/C30H30N4O3.C3H8/c1-20-13-14-24(17-25(20)23-11-6-10-22(16-23)21-8-4-3-5-9-21)26-18-31-29(33-26)27-12-7-15-34(27)28(35)19-32-30(36)37-2;1-3-2/h3-6,8-11,13-14,16-18,27H,7,12,15,19H2,1-2H3,(H,31,33)(H,32,36);3H2,1-2H3/t27-;/m0./s1. The number of aromatic amines is 1. The van der Waals surface area contributed by atoms with Crippen LogP contribution in [0.1, 0.15) is 50.5 Å². The third-order valence-electron chi connectivity index (χ3n) is 6.88. The van der Waals surface area contributed by atoms with Gasteiger partial charge in [0.1, 0.15) is 12.4 Å². The first-order valence-corrected chi connectivity index (χ1v) is 13.9. The third-order valence-corrected chi connectivity index (χ3v) is 6.88. The Labute approximate surface area is 236 Å². The van der Waals surface area contributed by atoms with Crippen molar-refractivity contribution < 1.29 is 14.3 Å². The van der Waals surface area contributed by atoms with E-state index < -0.39 is 6.09 Å². The average molecular weight is 539 g/mol. The van der Waals surface area contributed by atoms with E-state index in [-0.39, 0.29) is 18.5 Å². The molecule has 1 fully saturated rings. The van der Waals surface area contributed by atoms with Crippen molar-refractivity contribution in [1.29, 1.82) is 0 Å². The van der Waals surface area contributed by atoms with E-state index in [1.807, 2.05) is 12.3 Å². The molecule has 1 aliphatic rings. The van der Waals surface area contributed by atoms with Gasteiger partial charge in [0.05, 0.1) is 25.0 Å². The molecule has 0 aliphatic carbocycles. The highest BCUT2D eigenvalue weighted by molar-refractivity contribution is 5.83. The van der Waals surface area contributed by atoms with Crippen LogP contribution in [0.2, 0.25) is 0 Å². The summed E-state index contributed by atoms with van der Waals surface area (Å²) in [6.07, 6.45) is 4.17. The summed E-state index contributed by atoms with van der Waals surface area (Å²) in [5.74, 6) is 0.605. The number of hydrogen-bond acceptors (Lipinski definition) is 4. The third kappa shape index (κ3) is 6.78. The number of likely N-dealkylation sites (tertiary alicyclic amines) is 1. The van der Waals surface area contributed by atoms with Crippen LogP contribution >= 0.6 is 0 Å². The number of aromatic nitrogens is 2. The molecule has 7 nitrogen and oxygen atoms in total. The number of rotatable bonds is 6. The number of amides is 2. The van der Waals surface area contributed by atoms with E-state index in [9.17, 15) is 9.59 Å². The number of imidazole rings is 1. The van der Waals surface area contributed by atoms with Gasteiger partial charge < -0.3 is 19.9 Å². The first-order chi connectivity index (χ1) is 19.4. The normalized spacial score (nSPS) is 14.3. The van der Waals surface area contributed by atoms with Gasteiger partial charge in [-0.05, 0) is 59.7 Å². The topological polar surface area (TPSA) is 87.3 Å². The predicted molar refractivity (Wildman–Crippen MR) is 160 cm³/mol.